The van der Waals surface area contributed by atoms with E-state index in [1.807, 2.05) is 18.7 Å². The van der Waals surface area contributed by atoms with E-state index in [2.05, 4.69) is 20.4 Å². The minimum atomic E-state index is -0.376. The van der Waals surface area contributed by atoms with Crippen LogP contribution in [-0.4, -0.2) is 85.4 Å². The summed E-state index contributed by atoms with van der Waals surface area (Å²) in [6.45, 7) is 10.3. The first-order valence-corrected chi connectivity index (χ1v) is 10.2. The maximum absolute atomic E-state index is 13.2. The second-order valence-electron chi connectivity index (χ2n) is 7.68. The molecule has 0 bridgehead atoms. The van der Waals surface area contributed by atoms with Gasteiger partial charge in [0.2, 0.25) is 11.8 Å². The Morgan fingerprint density at radius 2 is 1.90 bits per heavy atom. The van der Waals surface area contributed by atoms with Crippen LogP contribution in [0.5, 0.6) is 0 Å². The van der Waals surface area contributed by atoms with Crippen LogP contribution in [-0.2, 0) is 20.8 Å². The van der Waals surface area contributed by atoms with Crippen LogP contribution in [0.2, 0.25) is 0 Å². The fourth-order valence-electron chi connectivity index (χ4n) is 4.06. The number of carbonyl (C=O) groups is 1. The lowest BCUT2D eigenvalue weighted by Crippen LogP contribution is -2.56. The molecule has 0 saturated carbocycles. The van der Waals surface area contributed by atoms with Gasteiger partial charge in [-0.3, -0.25) is 9.69 Å². The van der Waals surface area contributed by atoms with E-state index < -0.39 is 0 Å². The summed E-state index contributed by atoms with van der Waals surface area (Å²) < 4.78 is 16.3. The molecule has 0 spiro atoms. The Labute approximate surface area is 191 Å². The molecule has 1 unspecified atom stereocenters. The molecule has 0 radical (unpaired) electrons. The highest BCUT2D eigenvalue weighted by Crippen LogP contribution is 2.32. The Morgan fingerprint density at radius 3 is 2.50 bits per heavy atom. The Kier molecular flexibility index (Phi) is 11.5. The molecular formula is C19H35Cl2N5O4. The molecule has 30 heavy (non-hydrogen) atoms. The summed E-state index contributed by atoms with van der Waals surface area (Å²) in [6.07, 6.45) is 1.50. The van der Waals surface area contributed by atoms with E-state index in [0.29, 0.717) is 44.6 Å². The lowest BCUT2D eigenvalue weighted by atomic mass is 9.78. The Bertz CT molecular complexity index is 629. The number of piperidine rings is 1. The van der Waals surface area contributed by atoms with Crippen molar-refractivity contribution in [3.05, 3.63) is 11.7 Å². The van der Waals surface area contributed by atoms with Crippen molar-refractivity contribution in [1.82, 2.24) is 25.3 Å². The van der Waals surface area contributed by atoms with Crippen LogP contribution < -0.4 is 5.32 Å². The number of methoxy groups -OCH3 is 1. The Hall–Kier alpha value is -0.970. The van der Waals surface area contributed by atoms with Crippen LogP contribution in [0.3, 0.4) is 0 Å². The SMILES string of the molecule is CCOC(C)c1noc(CN2CCN(C(=O)C3(COC)CCNCC3)CC2)n1.Cl.Cl. The summed E-state index contributed by atoms with van der Waals surface area (Å²) in [4.78, 5) is 21.9. The minimum Gasteiger partial charge on any atom is -0.384 e. The van der Waals surface area contributed by atoms with Crippen LogP contribution in [0.25, 0.3) is 0 Å². The first kappa shape index (κ1) is 27.1. The number of halogens is 2. The predicted octanol–water partition coefficient (Wildman–Crippen LogP) is 1.67. The first-order chi connectivity index (χ1) is 13.6. The molecule has 2 aliphatic rings. The summed E-state index contributed by atoms with van der Waals surface area (Å²) in [7, 11) is 1.68. The lowest BCUT2D eigenvalue weighted by Gasteiger charge is -2.42. The zero-order valence-electron chi connectivity index (χ0n) is 18.1. The molecule has 2 fully saturated rings. The van der Waals surface area contributed by atoms with Gasteiger partial charge in [0.15, 0.2) is 5.82 Å². The van der Waals surface area contributed by atoms with Crippen molar-refractivity contribution in [2.45, 2.75) is 39.3 Å². The molecule has 1 aromatic heterocycles. The highest BCUT2D eigenvalue weighted by Gasteiger charge is 2.42. The van der Waals surface area contributed by atoms with Crippen molar-refractivity contribution >= 4 is 30.7 Å². The van der Waals surface area contributed by atoms with E-state index >= 15 is 0 Å². The number of carbonyl (C=O) groups excluding carboxylic acids is 1. The van der Waals surface area contributed by atoms with Gasteiger partial charge in [-0.05, 0) is 39.8 Å². The number of ether oxygens (including phenoxy) is 2. The molecule has 174 valence electrons. The van der Waals surface area contributed by atoms with Gasteiger partial charge in [0.25, 0.3) is 0 Å². The van der Waals surface area contributed by atoms with Crippen molar-refractivity contribution in [3.63, 3.8) is 0 Å². The van der Waals surface area contributed by atoms with Gasteiger partial charge in [-0.2, -0.15) is 4.98 Å². The molecule has 2 aliphatic heterocycles. The van der Waals surface area contributed by atoms with Gasteiger partial charge < -0.3 is 24.2 Å². The molecule has 0 aliphatic carbocycles. The van der Waals surface area contributed by atoms with E-state index in [0.717, 1.165) is 39.0 Å². The molecule has 3 heterocycles. The average Bonchev–Trinajstić information content (AvgIpc) is 3.18. The number of nitrogens with one attached hydrogen (secondary N) is 1. The largest absolute Gasteiger partial charge is 0.384 e. The van der Waals surface area contributed by atoms with Gasteiger partial charge in [-0.1, -0.05) is 5.16 Å². The van der Waals surface area contributed by atoms with Crippen molar-refractivity contribution in [2.75, 3.05) is 59.6 Å². The van der Waals surface area contributed by atoms with Gasteiger partial charge in [0, 0.05) is 39.9 Å². The predicted molar refractivity (Wildman–Crippen MR) is 117 cm³/mol. The zero-order chi connectivity index (χ0) is 20.0. The fraction of sp³-hybridized carbons (Fsp3) is 0.842. The summed E-state index contributed by atoms with van der Waals surface area (Å²) in [5, 5.41) is 7.35. The number of hydrogen-bond acceptors (Lipinski definition) is 8. The van der Waals surface area contributed by atoms with Gasteiger partial charge in [0.05, 0.1) is 18.6 Å². The molecule has 3 rings (SSSR count). The Balaban J connectivity index is 0.00000225. The van der Waals surface area contributed by atoms with Crippen LogP contribution in [0.4, 0.5) is 0 Å². The number of nitrogens with zero attached hydrogens (tertiary/aromatic N) is 4. The summed E-state index contributed by atoms with van der Waals surface area (Å²) >= 11 is 0. The summed E-state index contributed by atoms with van der Waals surface area (Å²) in [6, 6.07) is 0. The van der Waals surface area contributed by atoms with Crippen molar-refractivity contribution < 1.29 is 18.8 Å². The van der Waals surface area contributed by atoms with Crippen molar-refractivity contribution in [3.8, 4) is 0 Å². The second kappa shape index (κ2) is 12.8. The van der Waals surface area contributed by atoms with Crippen LogP contribution in [0.15, 0.2) is 4.52 Å². The fourth-order valence-corrected chi connectivity index (χ4v) is 4.06. The normalized spacial score (nSPS) is 20.2. The molecule has 1 N–H and O–H groups in total. The third-order valence-corrected chi connectivity index (χ3v) is 5.72. The average molecular weight is 468 g/mol. The lowest BCUT2D eigenvalue weighted by molar-refractivity contribution is -0.149. The van der Waals surface area contributed by atoms with E-state index in [4.69, 9.17) is 14.0 Å². The highest BCUT2D eigenvalue weighted by atomic mass is 35.5. The molecule has 11 heteroatoms. The molecular weight excluding hydrogens is 433 g/mol. The van der Waals surface area contributed by atoms with Crippen LogP contribution in [0.1, 0.15) is 44.5 Å². The van der Waals surface area contributed by atoms with Crippen LogP contribution >= 0.6 is 24.8 Å². The smallest absolute Gasteiger partial charge is 0.240 e. The quantitative estimate of drug-likeness (QED) is 0.616. The second-order valence-corrected chi connectivity index (χ2v) is 7.68. The van der Waals surface area contributed by atoms with Gasteiger partial charge in [-0.15, -0.1) is 24.8 Å². The van der Waals surface area contributed by atoms with E-state index in [1.54, 1.807) is 7.11 Å². The third kappa shape index (κ3) is 6.51. The number of aromatic nitrogens is 2. The summed E-state index contributed by atoms with van der Waals surface area (Å²) in [5.74, 6) is 1.41. The van der Waals surface area contributed by atoms with Gasteiger partial charge >= 0.3 is 0 Å². The molecule has 9 nitrogen and oxygen atoms in total. The number of piperazine rings is 1. The van der Waals surface area contributed by atoms with Crippen molar-refractivity contribution in [1.29, 1.82) is 0 Å². The minimum absolute atomic E-state index is 0. The Morgan fingerprint density at radius 1 is 1.23 bits per heavy atom. The highest BCUT2D eigenvalue weighted by molar-refractivity contribution is 5.85. The topological polar surface area (TPSA) is 93.0 Å². The number of amides is 1. The summed E-state index contributed by atoms with van der Waals surface area (Å²) in [5.41, 5.74) is -0.376. The molecule has 0 aromatic carbocycles. The maximum Gasteiger partial charge on any atom is 0.240 e. The van der Waals surface area contributed by atoms with E-state index in [1.165, 1.54) is 0 Å². The zero-order valence-corrected chi connectivity index (χ0v) is 19.7. The van der Waals surface area contributed by atoms with Crippen LogP contribution in [0, 0.1) is 5.41 Å². The molecule has 1 amide bonds. The number of hydrogen-bond donors (Lipinski definition) is 1. The number of rotatable bonds is 8. The van der Waals surface area contributed by atoms with Gasteiger partial charge in [0.1, 0.15) is 6.10 Å². The molecule has 1 atom stereocenters. The van der Waals surface area contributed by atoms with Crippen molar-refractivity contribution in [2.24, 2.45) is 5.41 Å². The molecule has 1 aromatic rings. The molecule has 2 saturated heterocycles. The maximum atomic E-state index is 13.2. The monoisotopic (exact) mass is 467 g/mol. The van der Waals surface area contributed by atoms with E-state index in [9.17, 15) is 4.79 Å². The standard InChI is InChI=1S/C19H33N5O4.2ClH/c1-4-27-15(2)17-21-16(28-22-17)13-23-9-11-24(12-10-23)18(25)19(14-26-3)5-7-20-8-6-19;;/h15,20H,4-14H2,1-3H3;2*1H. The van der Waals surface area contributed by atoms with E-state index in [-0.39, 0.29) is 42.2 Å². The van der Waals surface area contributed by atoms with Gasteiger partial charge in [-0.25, -0.2) is 0 Å². The first-order valence-electron chi connectivity index (χ1n) is 10.2. The third-order valence-electron chi connectivity index (χ3n) is 5.72.